The lowest BCUT2D eigenvalue weighted by Crippen LogP contribution is -2.31. The SMILES string of the molecule is COc1cc2c(cc1OCCCN1CCCCC1)ncc1c3ccc(C#N)cc3[nH]c21. The molecule has 0 saturated carbocycles. The molecule has 0 spiro atoms. The molecule has 1 fully saturated rings. The molecule has 0 amide bonds. The molecular weight excluding hydrogens is 388 g/mol. The van der Waals surface area contributed by atoms with Crippen molar-refractivity contribution in [1.82, 2.24) is 14.9 Å². The van der Waals surface area contributed by atoms with Gasteiger partial charge in [-0.25, -0.2) is 0 Å². The molecule has 158 valence electrons. The highest BCUT2D eigenvalue weighted by Gasteiger charge is 2.14. The fraction of sp³-hybridized carbons (Fsp3) is 0.360. The van der Waals surface area contributed by atoms with E-state index in [9.17, 15) is 5.26 Å². The van der Waals surface area contributed by atoms with Crippen molar-refractivity contribution in [3.05, 3.63) is 42.1 Å². The van der Waals surface area contributed by atoms with Crippen LogP contribution in [0.25, 0.3) is 32.7 Å². The lowest BCUT2D eigenvalue weighted by molar-refractivity contribution is 0.203. The van der Waals surface area contributed by atoms with E-state index in [-0.39, 0.29) is 0 Å². The van der Waals surface area contributed by atoms with Gasteiger partial charge in [0.25, 0.3) is 0 Å². The summed E-state index contributed by atoms with van der Waals surface area (Å²) in [6, 6.07) is 11.8. The summed E-state index contributed by atoms with van der Waals surface area (Å²) in [7, 11) is 1.67. The summed E-state index contributed by atoms with van der Waals surface area (Å²) in [6.45, 7) is 4.15. The van der Waals surface area contributed by atoms with Gasteiger partial charge >= 0.3 is 0 Å². The topological polar surface area (TPSA) is 74.2 Å². The van der Waals surface area contributed by atoms with Crippen LogP contribution in [0.2, 0.25) is 0 Å². The lowest BCUT2D eigenvalue weighted by atomic mass is 10.1. The highest BCUT2D eigenvalue weighted by atomic mass is 16.5. The number of methoxy groups -OCH3 is 1. The summed E-state index contributed by atoms with van der Waals surface area (Å²) in [4.78, 5) is 10.7. The number of ether oxygens (including phenoxy) is 2. The Hall–Kier alpha value is -3.30. The average Bonchev–Trinajstić information content (AvgIpc) is 3.20. The van der Waals surface area contributed by atoms with Gasteiger partial charge in [0.05, 0.1) is 36.4 Å². The van der Waals surface area contributed by atoms with E-state index in [0.29, 0.717) is 17.9 Å². The molecule has 0 aliphatic carbocycles. The summed E-state index contributed by atoms with van der Waals surface area (Å²) in [5.74, 6) is 1.43. The Morgan fingerprint density at radius 3 is 2.74 bits per heavy atom. The number of piperidine rings is 1. The maximum absolute atomic E-state index is 9.20. The molecule has 0 atom stereocenters. The Balaban J connectivity index is 1.43. The highest BCUT2D eigenvalue weighted by molar-refractivity contribution is 6.16. The number of fused-ring (bicyclic) bond motifs is 5. The second-order valence-electron chi connectivity index (χ2n) is 8.17. The number of pyridine rings is 1. The van der Waals surface area contributed by atoms with Crippen molar-refractivity contribution in [2.75, 3.05) is 33.4 Å². The Kier molecular flexibility index (Phi) is 5.35. The first kappa shape index (κ1) is 19.7. The van der Waals surface area contributed by atoms with Crippen LogP contribution in [-0.4, -0.2) is 48.2 Å². The van der Waals surface area contributed by atoms with Gasteiger partial charge in [0, 0.05) is 40.5 Å². The monoisotopic (exact) mass is 414 g/mol. The maximum Gasteiger partial charge on any atom is 0.163 e. The van der Waals surface area contributed by atoms with E-state index in [2.05, 4.69) is 20.9 Å². The van der Waals surface area contributed by atoms with Crippen LogP contribution >= 0.6 is 0 Å². The number of nitrogens with zero attached hydrogens (tertiary/aromatic N) is 3. The molecule has 1 aliphatic rings. The number of hydrogen-bond donors (Lipinski definition) is 1. The predicted molar refractivity (Wildman–Crippen MR) is 123 cm³/mol. The van der Waals surface area contributed by atoms with E-state index >= 15 is 0 Å². The summed E-state index contributed by atoms with van der Waals surface area (Å²) >= 11 is 0. The first-order chi connectivity index (χ1) is 15.3. The predicted octanol–water partition coefficient (Wildman–Crippen LogP) is 5.00. The number of likely N-dealkylation sites (tertiary alicyclic amines) is 1. The molecule has 0 radical (unpaired) electrons. The van der Waals surface area contributed by atoms with Crippen molar-refractivity contribution >= 4 is 32.7 Å². The minimum atomic E-state index is 0.633. The molecule has 6 nitrogen and oxygen atoms in total. The smallest absolute Gasteiger partial charge is 0.163 e. The molecule has 2 aromatic carbocycles. The molecule has 31 heavy (non-hydrogen) atoms. The number of aromatic amines is 1. The van der Waals surface area contributed by atoms with Gasteiger partial charge in [0.2, 0.25) is 0 Å². The first-order valence-electron chi connectivity index (χ1n) is 10.9. The first-order valence-corrected chi connectivity index (χ1v) is 10.9. The zero-order valence-corrected chi connectivity index (χ0v) is 17.8. The van der Waals surface area contributed by atoms with Crippen molar-refractivity contribution in [3.8, 4) is 17.6 Å². The van der Waals surface area contributed by atoms with E-state index in [1.165, 1.54) is 32.4 Å². The van der Waals surface area contributed by atoms with Gasteiger partial charge in [-0.1, -0.05) is 12.5 Å². The lowest BCUT2D eigenvalue weighted by Gasteiger charge is -2.26. The summed E-state index contributed by atoms with van der Waals surface area (Å²) in [5.41, 5.74) is 3.41. The fourth-order valence-electron chi connectivity index (χ4n) is 4.55. The minimum Gasteiger partial charge on any atom is -0.493 e. The van der Waals surface area contributed by atoms with E-state index in [1.807, 2.05) is 36.5 Å². The molecule has 4 aromatic rings. The minimum absolute atomic E-state index is 0.633. The molecular formula is C25H26N4O2. The molecule has 1 saturated heterocycles. The number of hydrogen-bond acceptors (Lipinski definition) is 5. The third-order valence-electron chi connectivity index (χ3n) is 6.18. The van der Waals surface area contributed by atoms with E-state index in [4.69, 9.17) is 9.47 Å². The second-order valence-corrected chi connectivity index (χ2v) is 8.17. The molecule has 1 aliphatic heterocycles. The molecule has 2 aromatic heterocycles. The number of H-pyrrole nitrogens is 1. The van der Waals surface area contributed by atoms with Crippen molar-refractivity contribution in [1.29, 1.82) is 5.26 Å². The normalized spacial score (nSPS) is 14.8. The Morgan fingerprint density at radius 1 is 1.06 bits per heavy atom. The molecule has 0 unspecified atom stereocenters. The van der Waals surface area contributed by atoms with Crippen molar-refractivity contribution in [2.45, 2.75) is 25.7 Å². The van der Waals surface area contributed by atoms with Gasteiger partial charge in [-0.2, -0.15) is 5.26 Å². The van der Waals surface area contributed by atoms with E-state index < -0.39 is 0 Å². The number of nitriles is 1. The Morgan fingerprint density at radius 2 is 1.94 bits per heavy atom. The van der Waals surface area contributed by atoms with Gasteiger partial charge in [0.15, 0.2) is 11.5 Å². The van der Waals surface area contributed by atoms with Gasteiger partial charge in [-0.05, 0) is 50.6 Å². The van der Waals surface area contributed by atoms with Gasteiger partial charge < -0.3 is 19.4 Å². The number of aromatic nitrogens is 2. The van der Waals surface area contributed by atoms with E-state index in [0.717, 1.165) is 51.4 Å². The number of nitrogens with one attached hydrogen (secondary N) is 1. The van der Waals surface area contributed by atoms with E-state index in [1.54, 1.807) is 7.11 Å². The van der Waals surface area contributed by atoms with Crippen LogP contribution in [-0.2, 0) is 0 Å². The van der Waals surface area contributed by atoms with Crippen LogP contribution < -0.4 is 9.47 Å². The van der Waals surface area contributed by atoms with Crippen molar-refractivity contribution in [3.63, 3.8) is 0 Å². The summed E-state index contributed by atoms with van der Waals surface area (Å²) in [6.07, 6.45) is 6.86. The van der Waals surface area contributed by atoms with Crippen LogP contribution in [0.15, 0.2) is 36.5 Å². The third-order valence-corrected chi connectivity index (χ3v) is 6.18. The van der Waals surface area contributed by atoms with Crippen LogP contribution in [0.4, 0.5) is 0 Å². The third kappa shape index (κ3) is 3.77. The second kappa shape index (κ2) is 8.44. The largest absolute Gasteiger partial charge is 0.493 e. The molecule has 0 bridgehead atoms. The zero-order chi connectivity index (χ0) is 21.2. The Bertz CT molecular complexity index is 1280. The molecule has 5 rings (SSSR count). The number of benzene rings is 2. The molecule has 3 heterocycles. The quantitative estimate of drug-likeness (QED) is 0.449. The van der Waals surface area contributed by atoms with Gasteiger partial charge in [-0.15, -0.1) is 0 Å². The number of rotatable bonds is 6. The van der Waals surface area contributed by atoms with Gasteiger partial charge in [-0.3, -0.25) is 4.98 Å². The maximum atomic E-state index is 9.20. The fourth-order valence-corrected chi connectivity index (χ4v) is 4.55. The van der Waals surface area contributed by atoms with Crippen LogP contribution in [0.1, 0.15) is 31.2 Å². The Labute approximate surface area is 181 Å². The molecule has 6 heteroatoms. The summed E-state index contributed by atoms with van der Waals surface area (Å²) in [5, 5.41) is 12.3. The molecule has 1 N–H and O–H groups in total. The zero-order valence-electron chi connectivity index (χ0n) is 17.8. The standard InChI is InChI=1S/C25H26N4O2/c1-30-23-13-19-21(14-24(23)31-11-5-10-29-8-3-2-4-9-29)27-16-20-18-7-6-17(15-26)12-22(18)28-25(19)20/h6-7,12-14,16,28H,2-5,8-11H2,1H3. The highest BCUT2D eigenvalue weighted by Crippen LogP contribution is 2.36. The van der Waals surface area contributed by atoms with Gasteiger partial charge in [0.1, 0.15) is 0 Å². The van der Waals surface area contributed by atoms with Crippen molar-refractivity contribution in [2.24, 2.45) is 0 Å². The van der Waals surface area contributed by atoms with Crippen LogP contribution in [0, 0.1) is 11.3 Å². The van der Waals surface area contributed by atoms with Crippen LogP contribution in [0.3, 0.4) is 0 Å². The van der Waals surface area contributed by atoms with Crippen LogP contribution in [0.5, 0.6) is 11.5 Å². The van der Waals surface area contributed by atoms with Crippen molar-refractivity contribution < 1.29 is 9.47 Å². The summed E-state index contributed by atoms with van der Waals surface area (Å²) < 4.78 is 11.7. The average molecular weight is 415 g/mol.